The number of hydrogen-bond acceptors (Lipinski definition) is 3. The zero-order valence-electron chi connectivity index (χ0n) is 12.5. The Kier molecular flexibility index (Phi) is 6.30. The molecule has 0 saturated heterocycles. The molecule has 2 aliphatic carbocycles. The van der Waals surface area contributed by atoms with Gasteiger partial charge < -0.3 is 16.2 Å². The minimum atomic E-state index is -0.357. The van der Waals surface area contributed by atoms with Crippen molar-refractivity contribution in [2.75, 3.05) is 0 Å². The molecule has 2 fully saturated rings. The number of hydrogen-bond donors (Lipinski definition) is 3. The Morgan fingerprint density at radius 3 is 2.70 bits per heavy atom. The van der Waals surface area contributed by atoms with Gasteiger partial charge in [0.1, 0.15) is 0 Å². The van der Waals surface area contributed by atoms with E-state index in [9.17, 15) is 9.90 Å². The molecule has 2 aliphatic rings. The monoisotopic (exact) mass is 282 g/mol. The third kappa shape index (κ3) is 5.06. The summed E-state index contributed by atoms with van der Waals surface area (Å²) in [5, 5.41) is 13.1. The second-order valence-corrected chi connectivity index (χ2v) is 6.71. The van der Waals surface area contributed by atoms with Gasteiger partial charge in [-0.05, 0) is 38.0 Å². The molecule has 0 radical (unpaired) electrons. The van der Waals surface area contributed by atoms with Crippen molar-refractivity contribution < 1.29 is 9.90 Å². The summed E-state index contributed by atoms with van der Waals surface area (Å²) in [4.78, 5) is 12.0. The molecular formula is C16H30N2O2. The molecule has 0 aromatic rings. The van der Waals surface area contributed by atoms with Gasteiger partial charge in [-0.3, -0.25) is 4.79 Å². The van der Waals surface area contributed by atoms with Crippen molar-refractivity contribution in [1.29, 1.82) is 0 Å². The molecule has 4 nitrogen and oxygen atoms in total. The molecule has 0 aromatic heterocycles. The van der Waals surface area contributed by atoms with Crippen molar-refractivity contribution in [3.8, 4) is 0 Å². The average Bonchev–Trinajstić information content (AvgIpc) is 2.62. The summed E-state index contributed by atoms with van der Waals surface area (Å²) in [6, 6.07) is 0.305. The summed E-state index contributed by atoms with van der Waals surface area (Å²) >= 11 is 0. The van der Waals surface area contributed by atoms with Gasteiger partial charge in [0.2, 0.25) is 5.91 Å². The number of carbonyl (C=O) groups excluding carboxylic acids is 1. The maximum Gasteiger partial charge on any atom is 0.220 e. The molecule has 4 heteroatoms. The maximum absolute atomic E-state index is 12.0. The van der Waals surface area contributed by atoms with Crippen LogP contribution in [0.3, 0.4) is 0 Å². The topological polar surface area (TPSA) is 75.4 Å². The van der Waals surface area contributed by atoms with Gasteiger partial charge in [0, 0.05) is 12.5 Å². The van der Waals surface area contributed by atoms with Crippen LogP contribution >= 0.6 is 0 Å². The summed E-state index contributed by atoms with van der Waals surface area (Å²) in [6.07, 6.45) is 10.9. The molecule has 4 atom stereocenters. The summed E-state index contributed by atoms with van der Waals surface area (Å²) < 4.78 is 0. The SMILES string of the molecule is NC1CCCC(CCC(=O)NC2CCCCCC2O)C1. The first-order chi connectivity index (χ1) is 9.65. The number of nitrogens with two attached hydrogens (primary N) is 1. The van der Waals surface area contributed by atoms with Gasteiger partial charge in [-0.1, -0.05) is 32.1 Å². The fraction of sp³-hybridized carbons (Fsp3) is 0.938. The van der Waals surface area contributed by atoms with Crippen LogP contribution in [0, 0.1) is 5.92 Å². The van der Waals surface area contributed by atoms with E-state index in [-0.39, 0.29) is 18.1 Å². The second-order valence-electron chi connectivity index (χ2n) is 6.71. The molecule has 4 N–H and O–H groups in total. The zero-order chi connectivity index (χ0) is 14.4. The summed E-state index contributed by atoms with van der Waals surface area (Å²) in [6.45, 7) is 0. The van der Waals surface area contributed by atoms with E-state index in [1.54, 1.807) is 0 Å². The number of rotatable bonds is 4. The minimum absolute atomic E-state index is 0.0291. The molecule has 4 unspecified atom stereocenters. The highest BCUT2D eigenvalue weighted by Gasteiger charge is 2.24. The smallest absolute Gasteiger partial charge is 0.220 e. The average molecular weight is 282 g/mol. The number of amides is 1. The van der Waals surface area contributed by atoms with E-state index in [1.165, 1.54) is 19.3 Å². The number of carbonyl (C=O) groups is 1. The minimum Gasteiger partial charge on any atom is -0.391 e. The van der Waals surface area contributed by atoms with Gasteiger partial charge in [-0.15, -0.1) is 0 Å². The Bertz CT molecular complexity index is 309. The highest BCUT2D eigenvalue weighted by atomic mass is 16.3. The molecule has 0 aliphatic heterocycles. The molecule has 1 amide bonds. The van der Waals surface area contributed by atoms with Crippen molar-refractivity contribution in [2.45, 2.75) is 88.8 Å². The van der Waals surface area contributed by atoms with Gasteiger partial charge in [-0.25, -0.2) is 0 Å². The van der Waals surface area contributed by atoms with Crippen LogP contribution in [0.15, 0.2) is 0 Å². The molecule has 0 bridgehead atoms. The molecule has 0 heterocycles. The van der Waals surface area contributed by atoms with E-state index in [4.69, 9.17) is 5.73 Å². The standard InChI is InChI=1S/C16H30N2O2/c17-13-6-4-5-12(11-13)9-10-16(20)18-14-7-2-1-3-8-15(14)19/h12-15,19H,1-11,17H2,(H,18,20). The van der Waals surface area contributed by atoms with Gasteiger partial charge in [0.05, 0.1) is 12.1 Å². The molecule has 0 spiro atoms. The van der Waals surface area contributed by atoms with Gasteiger partial charge in [-0.2, -0.15) is 0 Å². The van der Waals surface area contributed by atoms with E-state index in [0.717, 1.165) is 44.9 Å². The molecule has 2 rings (SSSR count). The van der Waals surface area contributed by atoms with Crippen LogP contribution in [0.2, 0.25) is 0 Å². The molecule has 2 saturated carbocycles. The molecular weight excluding hydrogens is 252 g/mol. The number of aliphatic hydroxyl groups is 1. The largest absolute Gasteiger partial charge is 0.391 e. The van der Waals surface area contributed by atoms with Crippen LogP contribution in [-0.4, -0.2) is 29.2 Å². The second kappa shape index (κ2) is 7.99. The fourth-order valence-electron chi connectivity index (χ4n) is 3.67. The summed E-state index contributed by atoms with van der Waals surface area (Å²) in [5.41, 5.74) is 5.98. The fourth-order valence-corrected chi connectivity index (χ4v) is 3.67. The third-order valence-electron chi connectivity index (χ3n) is 4.93. The predicted molar refractivity (Wildman–Crippen MR) is 80.2 cm³/mol. The first-order valence-electron chi connectivity index (χ1n) is 8.38. The van der Waals surface area contributed by atoms with Crippen molar-refractivity contribution in [2.24, 2.45) is 11.7 Å². The van der Waals surface area contributed by atoms with Crippen LogP contribution in [0.4, 0.5) is 0 Å². The van der Waals surface area contributed by atoms with Crippen LogP contribution in [0.25, 0.3) is 0 Å². The Hall–Kier alpha value is -0.610. The van der Waals surface area contributed by atoms with Crippen molar-refractivity contribution in [1.82, 2.24) is 5.32 Å². The van der Waals surface area contributed by atoms with Crippen molar-refractivity contribution in [3.05, 3.63) is 0 Å². The summed E-state index contributed by atoms with van der Waals surface area (Å²) in [5.74, 6) is 0.721. The van der Waals surface area contributed by atoms with Crippen LogP contribution in [0.1, 0.15) is 70.6 Å². The quantitative estimate of drug-likeness (QED) is 0.691. The molecule has 20 heavy (non-hydrogen) atoms. The Balaban J connectivity index is 1.69. The van der Waals surface area contributed by atoms with Crippen molar-refractivity contribution in [3.63, 3.8) is 0 Å². The summed E-state index contributed by atoms with van der Waals surface area (Å²) in [7, 11) is 0. The lowest BCUT2D eigenvalue weighted by Crippen LogP contribution is -2.42. The maximum atomic E-state index is 12.0. The van der Waals surface area contributed by atoms with Gasteiger partial charge in [0.15, 0.2) is 0 Å². The lowest BCUT2D eigenvalue weighted by Gasteiger charge is -2.27. The Morgan fingerprint density at radius 2 is 1.90 bits per heavy atom. The number of aliphatic hydroxyl groups excluding tert-OH is 1. The van der Waals surface area contributed by atoms with Crippen LogP contribution < -0.4 is 11.1 Å². The van der Waals surface area contributed by atoms with E-state index in [2.05, 4.69) is 5.32 Å². The molecule has 0 aromatic carbocycles. The Morgan fingerprint density at radius 1 is 1.10 bits per heavy atom. The predicted octanol–water partition coefficient (Wildman–Crippen LogP) is 2.09. The van der Waals surface area contributed by atoms with Crippen LogP contribution in [-0.2, 0) is 4.79 Å². The lowest BCUT2D eigenvalue weighted by atomic mass is 9.83. The Labute approximate surface area is 122 Å². The number of nitrogens with one attached hydrogen (secondary N) is 1. The molecule has 116 valence electrons. The first-order valence-corrected chi connectivity index (χ1v) is 8.38. The van der Waals surface area contributed by atoms with Gasteiger partial charge >= 0.3 is 0 Å². The van der Waals surface area contributed by atoms with E-state index < -0.39 is 0 Å². The van der Waals surface area contributed by atoms with E-state index >= 15 is 0 Å². The highest BCUT2D eigenvalue weighted by molar-refractivity contribution is 5.76. The van der Waals surface area contributed by atoms with Gasteiger partial charge in [0.25, 0.3) is 0 Å². The van der Waals surface area contributed by atoms with E-state index in [0.29, 0.717) is 18.4 Å². The van der Waals surface area contributed by atoms with E-state index in [1.807, 2.05) is 0 Å². The lowest BCUT2D eigenvalue weighted by molar-refractivity contribution is -0.123. The third-order valence-corrected chi connectivity index (χ3v) is 4.93. The highest BCUT2D eigenvalue weighted by Crippen LogP contribution is 2.27. The van der Waals surface area contributed by atoms with Crippen LogP contribution in [0.5, 0.6) is 0 Å². The zero-order valence-corrected chi connectivity index (χ0v) is 12.5. The first kappa shape index (κ1) is 15.8. The normalized spacial score (nSPS) is 35.3. The van der Waals surface area contributed by atoms with Crippen molar-refractivity contribution >= 4 is 5.91 Å².